The molecular formula is C13H21N5O2. The number of fused-ring (bicyclic) bond motifs is 1. The molecule has 2 heterocycles. The molecule has 0 radical (unpaired) electrons. The summed E-state index contributed by atoms with van der Waals surface area (Å²) >= 11 is 0. The molecule has 110 valence electrons. The number of rotatable bonds is 5. The van der Waals surface area contributed by atoms with Gasteiger partial charge in [0.15, 0.2) is 0 Å². The standard InChI is InChI=1S/C13H21N5O2/c1-2-15-11(19)6-5-9(14)13(20)18-8-17-12-10(18)4-3-7-16-12/h3-4,7,9,12,16-17H,2,5-6,8,14H2,1H3,(H,15,19)/t9-,12?/m0/s1. The van der Waals surface area contributed by atoms with Crippen LogP contribution in [0.15, 0.2) is 24.0 Å². The predicted molar refractivity (Wildman–Crippen MR) is 74.9 cm³/mol. The Balaban J connectivity index is 1.89. The summed E-state index contributed by atoms with van der Waals surface area (Å²) < 4.78 is 0. The maximum Gasteiger partial charge on any atom is 0.244 e. The van der Waals surface area contributed by atoms with E-state index >= 15 is 0 Å². The van der Waals surface area contributed by atoms with Gasteiger partial charge in [-0.3, -0.25) is 19.8 Å². The molecule has 2 amide bonds. The molecule has 0 saturated carbocycles. The quantitative estimate of drug-likeness (QED) is 0.514. The molecule has 2 aliphatic heterocycles. The van der Waals surface area contributed by atoms with Gasteiger partial charge in [0.25, 0.3) is 0 Å². The van der Waals surface area contributed by atoms with Gasteiger partial charge in [-0.2, -0.15) is 0 Å². The number of nitrogens with one attached hydrogen (secondary N) is 3. The van der Waals surface area contributed by atoms with Gasteiger partial charge in [-0.15, -0.1) is 0 Å². The van der Waals surface area contributed by atoms with E-state index in [0.29, 0.717) is 19.6 Å². The van der Waals surface area contributed by atoms with Crippen LogP contribution in [0.2, 0.25) is 0 Å². The van der Waals surface area contributed by atoms with E-state index in [0.717, 1.165) is 5.70 Å². The summed E-state index contributed by atoms with van der Waals surface area (Å²) in [6.45, 7) is 2.87. The summed E-state index contributed by atoms with van der Waals surface area (Å²) in [5.74, 6) is -0.234. The second kappa shape index (κ2) is 6.53. The maximum atomic E-state index is 12.3. The lowest BCUT2D eigenvalue weighted by Crippen LogP contribution is -2.43. The highest BCUT2D eigenvalue weighted by Gasteiger charge is 2.33. The fourth-order valence-corrected chi connectivity index (χ4v) is 2.26. The largest absolute Gasteiger partial charge is 0.371 e. The first-order chi connectivity index (χ1) is 9.63. The first kappa shape index (κ1) is 14.5. The minimum Gasteiger partial charge on any atom is -0.371 e. The number of dihydropyridines is 1. The van der Waals surface area contributed by atoms with Gasteiger partial charge in [0.1, 0.15) is 6.17 Å². The number of nitrogens with two attached hydrogens (primary N) is 1. The molecule has 1 unspecified atom stereocenters. The topological polar surface area (TPSA) is 99.5 Å². The molecular weight excluding hydrogens is 258 g/mol. The van der Waals surface area contributed by atoms with Gasteiger partial charge in [0.2, 0.25) is 11.8 Å². The van der Waals surface area contributed by atoms with Crippen molar-refractivity contribution in [3.8, 4) is 0 Å². The fraction of sp³-hybridized carbons (Fsp3) is 0.538. The SMILES string of the molecule is CCNC(=O)CC[C@H](N)C(=O)N1CNC2NC=CC=C21. The van der Waals surface area contributed by atoms with Crippen molar-refractivity contribution in [2.75, 3.05) is 13.2 Å². The average Bonchev–Trinajstić information content (AvgIpc) is 2.88. The molecule has 0 aromatic carbocycles. The zero-order valence-corrected chi connectivity index (χ0v) is 11.6. The van der Waals surface area contributed by atoms with Gasteiger partial charge in [-0.05, 0) is 31.7 Å². The smallest absolute Gasteiger partial charge is 0.244 e. The third-order valence-corrected chi connectivity index (χ3v) is 3.33. The van der Waals surface area contributed by atoms with Gasteiger partial charge >= 0.3 is 0 Å². The van der Waals surface area contributed by atoms with E-state index in [1.807, 2.05) is 25.3 Å². The molecule has 2 atom stereocenters. The van der Waals surface area contributed by atoms with Crippen LogP contribution >= 0.6 is 0 Å². The normalized spacial score (nSPS) is 21.8. The van der Waals surface area contributed by atoms with Crippen LogP contribution in [0.1, 0.15) is 19.8 Å². The highest BCUT2D eigenvalue weighted by atomic mass is 16.2. The van der Waals surface area contributed by atoms with E-state index in [1.165, 1.54) is 0 Å². The Morgan fingerprint density at radius 2 is 2.40 bits per heavy atom. The molecule has 7 nitrogen and oxygen atoms in total. The molecule has 1 saturated heterocycles. The van der Waals surface area contributed by atoms with Gasteiger partial charge < -0.3 is 16.4 Å². The van der Waals surface area contributed by atoms with Crippen LogP contribution in [0.3, 0.4) is 0 Å². The van der Waals surface area contributed by atoms with Crippen LogP contribution in [-0.4, -0.2) is 42.1 Å². The number of hydrogen-bond acceptors (Lipinski definition) is 5. The lowest BCUT2D eigenvalue weighted by molar-refractivity contribution is -0.130. The lowest BCUT2D eigenvalue weighted by Gasteiger charge is -2.23. The number of nitrogens with zero attached hydrogens (tertiary/aromatic N) is 1. The lowest BCUT2D eigenvalue weighted by atomic mass is 10.1. The van der Waals surface area contributed by atoms with Crippen LogP contribution in [0.25, 0.3) is 0 Å². The molecule has 1 fully saturated rings. The first-order valence-corrected chi connectivity index (χ1v) is 6.83. The van der Waals surface area contributed by atoms with Crippen LogP contribution in [0.5, 0.6) is 0 Å². The number of carbonyl (C=O) groups is 2. The zero-order chi connectivity index (χ0) is 14.5. The molecule has 2 rings (SSSR count). The highest BCUT2D eigenvalue weighted by Crippen LogP contribution is 2.18. The first-order valence-electron chi connectivity index (χ1n) is 6.83. The van der Waals surface area contributed by atoms with Crippen molar-refractivity contribution in [2.45, 2.75) is 32.0 Å². The molecule has 0 aromatic heterocycles. The number of carbonyl (C=O) groups excluding carboxylic acids is 2. The minimum absolute atomic E-state index is 0.0421. The Morgan fingerprint density at radius 3 is 3.15 bits per heavy atom. The minimum atomic E-state index is -0.662. The maximum absolute atomic E-state index is 12.3. The molecule has 0 aromatic rings. The molecule has 7 heteroatoms. The summed E-state index contributed by atoms with van der Waals surface area (Å²) in [5, 5.41) is 8.97. The summed E-state index contributed by atoms with van der Waals surface area (Å²) in [5.41, 5.74) is 6.77. The van der Waals surface area contributed by atoms with E-state index < -0.39 is 6.04 Å². The van der Waals surface area contributed by atoms with E-state index in [9.17, 15) is 9.59 Å². The molecule has 2 aliphatic rings. The van der Waals surface area contributed by atoms with Crippen molar-refractivity contribution < 1.29 is 9.59 Å². The van der Waals surface area contributed by atoms with Crippen molar-refractivity contribution in [2.24, 2.45) is 5.73 Å². The molecule has 20 heavy (non-hydrogen) atoms. The van der Waals surface area contributed by atoms with Gasteiger partial charge in [0, 0.05) is 13.0 Å². The Morgan fingerprint density at radius 1 is 1.60 bits per heavy atom. The van der Waals surface area contributed by atoms with Crippen LogP contribution in [0, 0.1) is 0 Å². The molecule has 5 N–H and O–H groups in total. The van der Waals surface area contributed by atoms with Gasteiger partial charge in [0.05, 0.1) is 18.4 Å². The second-order valence-corrected chi connectivity index (χ2v) is 4.78. The van der Waals surface area contributed by atoms with Crippen molar-refractivity contribution >= 4 is 11.8 Å². The van der Waals surface area contributed by atoms with Gasteiger partial charge in [-0.1, -0.05) is 0 Å². The number of hydrogen-bond donors (Lipinski definition) is 4. The van der Waals surface area contributed by atoms with E-state index in [4.69, 9.17) is 5.73 Å². The Hall–Kier alpha value is -1.86. The van der Waals surface area contributed by atoms with E-state index in [-0.39, 0.29) is 24.4 Å². The van der Waals surface area contributed by atoms with Crippen LogP contribution in [0.4, 0.5) is 0 Å². The van der Waals surface area contributed by atoms with Crippen LogP contribution in [-0.2, 0) is 9.59 Å². The Bertz CT molecular complexity index is 446. The monoisotopic (exact) mass is 279 g/mol. The second-order valence-electron chi connectivity index (χ2n) is 4.78. The fourth-order valence-electron chi connectivity index (χ4n) is 2.26. The van der Waals surface area contributed by atoms with Crippen molar-refractivity contribution in [3.63, 3.8) is 0 Å². The summed E-state index contributed by atoms with van der Waals surface area (Å²) in [6, 6.07) is -0.662. The predicted octanol–water partition coefficient (Wildman–Crippen LogP) is -1.05. The summed E-state index contributed by atoms with van der Waals surface area (Å²) in [4.78, 5) is 25.3. The average molecular weight is 279 g/mol. The Kier molecular flexibility index (Phi) is 4.75. The van der Waals surface area contributed by atoms with Gasteiger partial charge in [-0.25, -0.2) is 0 Å². The van der Waals surface area contributed by atoms with Crippen LogP contribution < -0.4 is 21.7 Å². The third-order valence-electron chi connectivity index (χ3n) is 3.33. The third kappa shape index (κ3) is 3.17. The summed E-state index contributed by atoms with van der Waals surface area (Å²) in [6.07, 6.45) is 6.13. The summed E-state index contributed by atoms with van der Waals surface area (Å²) in [7, 11) is 0. The molecule has 0 bridgehead atoms. The van der Waals surface area contributed by atoms with E-state index in [1.54, 1.807) is 4.90 Å². The number of allylic oxidation sites excluding steroid dienone is 2. The molecule has 0 spiro atoms. The van der Waals surface area contributed by atoms with Crippen molar-refractivity contribution in [3.05, 3.63) is 24.0 Å². The zero-order valence-electron chi connectivity index (χ0n) is 11.6. The highest BCUT2D eigenvalue weighted by molar-refractivity contribution is 5.85. The molecule has 0 aliphatic carbocycles. The number of amides is 2. The Labute approximate surface area is 118 Å². The van der Waals surface area contributed by atoms with Crippen molar-refractivity contribution in [1.82, 2.24) is 20.9 Å². The van der Waals surface area contributed by atoms with E-state index in [2.05, 4.69) is 16.0 Å². The van der Waals surface area contributed by atoms with Crippen molar-refractivity contribution in [1.29, 1.82) is 0 Å².